The maximum atomic E-state index is 12.4. The summed E-state index contributed by atoms with van der Waals surface area (Å²) in [4.78, 5) is 16.4. The number of hydrogen-bond donors (Lipinski definition) is 0. The quantitative estimate of drug-likeness (QED) is 0.832. The third-order valence-electron chi connectivity index (χ3n) is 3.58. The van der Waals surface area contributed by atoms with Crippen molar-refractivity contribution in [2.45, 2.75) is 32.6 Å². The fourth-order valence-corrected chi connectivity index (χ4v) is 3.10. The van der Waals surface area contributed by atoms with Crippen LogP contribution in [0.1, 0.15) is 19.4 Å². The number of ether oxygens (including phenoxy) is 1. The topological polar surface area (TPSA) is 32.8 Å². The monoisotopic (exact) mass is 354 g/mol. The molecule has 4 nitrogen and oxygen atoms in total. The smallest absolute Gasteiger partial charge is 0.236 e. The van der Waals surface area contributed by atoms with E-state index in [1.54, 1.807) is 0 Å². The van der Waals surface area contributed by atoms with Crippen molar-refractivity contribution in [2.75, 3.05) is 26.7 Å². The highest BCUT2D eigenvalue weighted by atomic mass is 79.9. The van der Waals surface area contributed by atoms with Gasteiger partial charge >= 0.3 is 0 Å². The average molecular weight is 355 g/mol. The molecule has 0 saturated carbocycles. The van der Waals surface area contributed by atoms with Crippen LogP contribution in [0.5, 0.6) is 0 Å². The van der Waals surface area contributed by atoms with Crippen LogP contribution in [0, 0.1) is 0 Å². The predicted octanol–water partition coefficient (Wildman–Crippen LogP) is 2.52. The highest BCUT2D eigenvalue weighted by molar-refractivity contribution is 9.10. The lowest BCUT2D eigenvalue weighted by Crippen LogP contribution is -2.50. The second-order valence-electron chi connectivity index (χ2n) is 5.82. The van der Waals surface area contributed by atoms with Gasteiger partial charge in [0.1, 0.15) is 0 Å². The van der Waals surface area contributed by atoms with Crippen LogP contribution in [0.15, 0.2) is 28.7 Å². The third-order valence-corrected chi connectivity index (χ3v) is 4.35. The zero-order valence-corrected chi connectivity index (χ0v) is 14.5. The van der Waals surface area contributed by atoms with Gasteiger partial charge in [0.15, 0.2) is 0 Å². The Morgan fingerprint density at radius 2 is 1.95 bits per heavy atom. The van der Waals surface area contributed by atoms with E-state index in [2.05, 4.69) is 22.0 Å². The van der Waals surface area contributed by atoms with E-state index >= 15 is 0 Å². The van der Waals surface area contributed by atoms with Crippen molar-refractivity contribution in [2.24, 2.45) is 0 Å². The summed E-state index contributed by atoms with van der Waals surface area (Å²) in [5, 5.41) is 0. The van der Waals surface area contributed by atoms with Gasteiger partial charge in [-0.3, -0.25) is 9.69 Å². The van der Waals surface area contributed by atoms with E-state index in [1.807, 2.05) is 48.9 Å². The molecule has 2 unspecified atom stereocenters. The van der Waals surface area contributed by atoms with Gasteiger partial charge in [-0.1, -0.05) is 34.1 Å². The Morgan fingerprint density at radius 3 is 2.57 bits per heavy atom. The van der Waals surface area contributed by atoms with Gasteiger partial charge in [-0.05, 0) is 32.5 Å². The molecule has 116 valence electrons. The minimum Gasteiger partial charge on any atom is -0.372 e. The molecule has 1 amide bonds. The van der Waals surface area contributed by atoms with Crippen molar-refractivity contribution in [3.63, 3.8) is 0 Å². The van der Waals surface area contributed by atoms with Crippen LogP contribution >= 0.6 is 15.9 Å². The molecular formula is C16H23BrN2O2. The molecule has 1 saturated heterocycles. The number of benzene rings is 1. The van der Waals surface area contributed by atoms with Crippen molar-refractivity contribution in [1.29, 1.82) is 0 Å². The minimum absolute atomic E-state index is 0.117. The summed E-state index contributed by atoms with van der Waals surface area (Å²) in [7, 11) is 1.98. The van der Waals surface area contributed by atoms with Crippen LogP contribution in [0.2, 0.25) is 0 Å². The Labute approximate surface area is 135 Å². The van der Waals surface area contributed by atoms with Crippen LogP contribution in [0.3, 0.4) is 0 Å². The molecule has 2 atom stereocenters. The van der Waals surface area contributed by atoms with Gasteiger partial charge in [-0.15, -0.1) is 0 Å². The molecule has 1 aliphatic heterocycles. The standard InChI is InChI=1S/C16H23BrN2O2/c1-12-8-19(9-13(2)21-12)16(20)11-18(3)10-14-6-4-5-7-15(14)17/h4-7,12-13H,8-11H2,1-3H3. The molecule has 0 aliphatic carbocycles. The Hall–Kier alpha value is -0.910. The number of carbonyl (C=O) groups is 1. The number of carbonyl (C=O) groups excluding carboxylic acids is 1. The second kappa shape index (κ2) is 7.38. The Kier molecular flexibility index (Phi) is 5.79. The summed E-state index contributed by atoms with van der Waals surface area (Å²) in [6, 6.07) is 8.11. The second-order valence-corrected chi connectivity index (χ2v) is 6.67. The first kappa shape index (κ1) is 16.5. The lowest BCUT2D eigenvalue weighted by molar-refractivity contribution is -0.144. The number of hydrogen-bond acceptors (Lipinski definition) is 3. The van der Waals surface area contributed by atoms with Gasteiger partial charge in [0.2, 0.25) is 5.91 Å². The average Bonchev–Trinajstić information content (AvgIpc) is 2.40. The van der Waals surface area contributed by atoms with Gasteiger partial charge < -0.3 is 9.64 Å². The van der Waals surface area contributed by atoms with Crippen molar-refractivity contribution < 1.29 is 9.53 Å². The normalized spacial score (nSPS) is 22.6. The first-order chi connectivity index (χ1) is 9.95. The van der Waals surface area contributed by atoms with Gasteiger partial charge in [-0.2, -0.15) is 0 Å². The zero-order valence-electron chi connectivity index (χ0n) is 12.9. The van der Waals surface area contributed by atoms with Crippen molar-refractivity contribution in [3.8, 4) is 0 Å². The molecule has 0 radical (unpaired) electrons. The first-order valence-corrected chi connectivity index (χ1v) is 8.10. The maximum absolute atomic E-state index is 12.4. The molecule has 5 heteroatoms. The molecule has 0 spiro atoms. The van der Waals surface area contributed by atoms with Crippen LogP contribution in [-0.4, -0.2) is 54.6 Å². The molecule has 1 heterocycles. The highest BCUT2D eigenvalue weighted by Gasteiger charge is 2.26. The van der Waals surface area contributed by atoms with Gasteiger partial charge in [-0.25, -0.2) is 0 Å². The Morgan fingerprint density at radius 1 is 1.33 bits per heavy atom. The molecule has 0 aromatic heterocycles. The van der Waals surface area contributed by atoms with Crippen molar-refractivity contribution in [1.82, 2.24) is 9.80 Å². The fourth-order valence-electron chi connectivity index (χ4n) is 2.69. The highest BCUT2D eigenvalue weighted by Crippen LogP contribution is 2.17. The molecule has 1 aromatic rings. The Bertz CT molecular complexity index is 485. The van der Waals surface area contributed by atoms with Gasteiger partial charge in [0.25, 0.3) is 0 Å². The number of likely N-dealkylation sites (N-methyl/N-ethyl adjacent to an activating group) is 1. The number of amides is 1. The lowest BCUT2D eigenvalue weighted by atomic mass is 10.2. The summed E-state index contributed by atoms with van der Waals surface area (Å²) >= 11 is 3.54. The van der Waals surface area contributed by atoms with Crippen LogP contribution in [-0.2, 0) is 16.1 Å². The largest absolute Gasteiger partial charge is 0.372 e. The number of morpholine rings is 1. The third kappa shape index (κ3) is 4.80. The summed E-state index contributed by atoms with van der Waals surface area (Å²) in [5.41, 5.74) is 1.19. The van der Waals surface area contributed by atoms with E-state index in [1.165, 1.54) is 5.56 Å². The number of halogens is 1. The van der Waals surface area contributed by atoms with Crippen LogP contribution in [0.4, 0.5) is 0 Å². The van der Waals surface area contributed by atoms with Crippen molar-refractivity contribution in [3.05, 3.63) is 34.3 Å². The van der Waals surface area contributed by atoms with E-state index in [-0.39, 0.29) is 18.1 Å². The molecule has 2 rings (SSSR count). The first-order valence-electron chi connectivity index (χ1n) is 7.31. The van der Waals surface area contributed by atoms with E-state index in [9.17, 15) is 4.79 Å². The summed E-state index contributed by atoms with van der Waals surface area (Å²) in [6.45, 7) is 6.59. The minimum atomic E-state index is 0.117. The molecule has 21 heavy (non-hydrogen) atoms. The molecule has 1 aliphatic rings. The predicted molar refractivity (Wildman–Crippen MR) is 87.1 cm³/mol. The summed E-state index contributed by atoms with van der Waals surface area (Å²) < 4.78 is 6.75. The Balaban J connectivity index is 1.89. The van der Waals surface area contributed by atoms with Gasteiger partial charge in [0.05, 0.1) is 18.8 Å². The SMILES string of the molecule is CC1CN(C(=O)CN(C)Cc2ccccc2Br)CC(C)O1. The molecule has 1 aromatic carbocycles. The van der Waals surface area contributed by atoms with E-state index < -0.39 is 0 Å². The molecule has 0 bridgehead atoms. The number of nitrogens with zero attached hydrogens (tertiary/aromatic N) is 2. The van der Waals surface area contributed by atoms with Crippen LogP contribution in [0.25, 0.3) is 0 Å². The fraction of sp³-hybridized carbons (Fsp3) is 0.562. The van der Waals surface area contributed by atoms with Gasteiger partial charge in [0, 0.05) is 24.1 Å². The zero-order chi connectivity index (χ0) is 15.4. The van der Waals surface area contributed by atoms with E-state index in [0.717, 1.165) is 11.0 Å². The number of rotatable bonds is 4. The summed E-state index contributed by atoms with van der Waals surface area (Å²) in [6.07, 6.45) is 0.234. The lowest BCUT2D eigenvalue weighted by Gasteiger charge is -2.36. The van der Waals surface area contributed by atoms with Crippen LogP contribution < -0.4 is 0 Å². The molecule has 1 fully saturated rings. The molecular weight excluding hydrogens is 332 g/mol. The van der Waals surface area contributed by atoms with Crippen molar-refractivity contribution >= 4 is 21.8 Å². The van der Waals surface area contributed by atoms with E-state index in [4.69, 9.17) is 4.74 Å². The maximum Gasteiger partial charge on any atom is 0.236 e. The summed E-state index contributed by atoms with van der Waals surface area (Å²) in [5.74, 6) is 0.173. The molecule has 0 N–H and O–H groups in total. The van der Waals surface area contributed by atoms with E-state index in [0.29, 0.717) is 19.6 Å².